The number of amidine groups is 2. The quantitative estimate of drug-likeness (QED) is 0.0649. The molecule has 0 bridgehead atoms. The average molecular weight is 753 g/mol. The molecule has 0 atom stereocenters. The van der Waals surface area contributed by atoms with Crippen molar-refractivity contribution in [3.63, 3.8) is 0 Å². The Kier molecular flexibility index (Phi) is 15.9. The number of halogens is 1. The molecule has 0 saturated heterocycles. The van der Waals surface area contributed by atoms with Gasteiger partial charge < -0.3 is 52.9 Å². The van der Waals surface area contributed by atoms with Crippen molar-refractivity contribution in [3.05, 3.63) is 126 Å². The Bertz CT molecular complexity index is 1470. The first kappa shape index (κ1) is 37.2. The van der Waals surface area contributed by atoms with Crippen molar-refractivity contribution >= 4 is 70.2 Å². The van der Waals surface area contributed by atoms with Crippen LogP contribution in [0.2, 0.25) is 0 Å². The summed E-state index contributed by atoms with van der Waals surface area (Å²) in [5, 5.41) is 28.0. The van der Waals surface area contributed by atoms with E-state index in [0.29, 0.717) is 22.9 Å². The van der Waals surface area contributed by atoms with Crippen molar-refractivity contribution < 1.29 is 34.1 Å². The van der Waals surface area contributed by atoms with Crippen molar-refractivity contribution in [2.45, 2.75) is 20.3 Å². The molecule has 0 unspecified atom stereocenters. The van der Waals surface area contributed by atoms with E-state index >= 15 is 0 Å². The van der Waals surface area contributed by atoms with Crippen LogP contribution in [0.25, 0.3) is 0 Å². The van der Waals surface area contributed by atoms with E-state index in [1.54, 1.807) is 7.05 Å². The molecular formula is C33H34BrCuN6PS2. The van der Waals surface area contributed by atoms with Gasteiger partial charge in [-0.1, -0.05) is 85.8 Å². The summed E-state index contributed by atoms with van der Waals surface area (Å²) in [6.45, 7) is 3.96. The summed E-state index contributed by atoms with van der Waals surface area (Å²) in [4.78, 5) is 0. The second-order valence-corrected chi connectivity index (χ2v) is 13.7. The summed E-state index contributed by atoms with van der Waals surface area (Å²) < 4.78 is 0. The maximum Gasteiger partial charge on any atom is 2.00 e. The molecule has 6 nitrogen and oxygen atoms in total. The Morgan fingerprint density at radius 2 is 1.11 bits per heavy atom. The zero-order chi connectivity index (χ0) is 29.8. The van der Waals surface area contributed by atoms with Gasteiger partial charge in [0.05, 0.1) is 5.71 Å². The maximum absolute atomic E-state index is 5.69. The Labute approximate surface area is 293 Å². The summed E-state index contributed by atoms with van der Waals surface area (Å²) in [5.74, 6) is 0. The first-order valence-corrected chi connectivity index (χ1v) is 16.4. The third-order valence-electron chi connectivity index (χ3n) is 6.78. The normalized spacial score (nSPS) is 12.5. The molecule has 0 aliphatic rings. The Balaban J connectivity index is 0.00000337. The van der Waals surface area contributed by atoms with E-state index in [1.807, 2.05) is 37.3 Å². The average Bonchev–Trinajstić information content (AvgIpc) is 3.05. The summed E-state index contributed by atoms with van der Waals surface area (Å²) in [6.07, 6.45) is 1.54. The standard InChI is InChI=1S/C33H35N6PS2.BrH.Cu/c1-4-26-20-22-27(23-21-26)31(37-38-32(41)34-3)25(2)36-39-33(42)35-24-40(28-14-8-5-9-15-28,29-16-10-6-11-17-29)30-18-12-7-13-19-30;;/h5-23H,4,24H2,1-3H3,(H3-,34,35,36,37,38,39,41,42);1H;/q;;+2/p-2. The molecule has 0 aromatic heterocycles. The minimum absolute atomic E-state index is 0. The number of hydrogen-bond acceptors (Lipinski definition) is 6. The molecule has 0 aliphatic heterocycles. The van der Waals surface area contributed by atoms with Gasteiger partial charge in [-0.05, 0) is 60.5 Å². The van der Waals surface area contributed by atoms with Gasteiger partial charge in [-0.2, -0.15) is 15.3 Å². The number of hydrogen-bond donors (Lipinski definition) is 2. The van der Waals surface area contributed by atoms with Gasteiger partial charge in [-0.3, -0.25) is 0 Å². The molecule has 0 fully saturated rings. The van der Waals surface area contributed by atoms with Crippen LogP contribution in [0.5, 0.6) is 0 Å². The zero-order valence-electron chi connectivity index (χ0n) is 24.6. The smallest absolute Gasteiger partial charge is 1.00 e. The van der Waals surface area contributed by atoms with Crippen LogP contribution < -0.4 is 43.5 Å². The van der Waals surface area contributed by atoms with Gasteiger partial charge in [-0.25, -0.2) is 0 Å². The van der Waals surface area contributed by atoms with E-state index < -0.39 is 7.26 Å². The molecule has 0 saturated carbocycles. The summed E-state index contributed by atoms with van der Waals surface area (Å²) in [6, 6.07) is 40.0. The molecule has 2 N–H and O–H groups in total. The Morgan fingerprint density at radius 1 is 0.659 bits per heavy atom. The fourth-order valence-corrected chi connectivity index (χ4v) is 8.67. The summed E-state index contributed by atoms with van der Waals surface area (Å²) >= 11 is 10.9. The SMILES string of the molecule is CCc1ccc(C(=NN=C([S-])NC)C(C)=NN=C([S-])NC[P+](c2ccccc2)(c2ccccc2)c2ccccc2)cc1.[Br-].[Cu+2]. The number of aryl methyl sites for hydroxylation is 1. The molecule has 0 heterocycles. The van der Waals surface area contributed by atoms with Gasteiger partial charge in [0.25, 0.3) is 0 Å². The van der Waals surface area contributed by atoms with E-state index in [2.05, 4.69) is 123 Å². The zero-order valence-corrected chi connectivity index (χ0v) is 29.7. The van der Waals surface area contributed by atoms with Crippen LogP contribution in [0, 0.1) is 0 Å². The van der Waals surface area contributed by atoms with E-state index in [0.717, 1.165) is 12.0 Å². The third-order valence-corrected chi connectivity index (χ3v) is 11.5. The predicted molar refractivity (Wildman–Crippen MR) is 187 cm³/mol. The van der Waals surface area contributed by atoms with Crippen molar-refractivity contribution in [2.24, 2.45) is 20.4 Å². The fourth-order valence-electron chi connectivity index (χ4n) is 4.54. The molecule has 4 rings (SSSR count). The van der Waals surface area contributed by atoms with Crippen LogP contribution >= 0.6 is 7.26 Å². The second kappa shape index (κ2) is 18.7. The molecule has 0 spiro atoms. The molecule has 4 aromatic rings. The van der Waals surface area contributed by atoms with E-state index in [4.69, 9.17) is 25.3 Å². The van der Waals surface area contributed by atoms with E-state index in [-0.39, 0.29) is 39.2 Å². The fraction of sp³-hybridized carbons (Fsp3) is 0.152. The van der Waals surface area contributed by atoms with Crippen LogP contribution in [0.1, 0.15) is 25.0 Å². The van der Waals surface area contributed by atoms with Crippen molar-refractivity contribution in [2.75, 3.05) is 13.3 Å². The minimum atomic E-state index is -2.12. The number of benzene rings is 4. The molecule has 0 amide bonds. The summed E-state index contributed by atoms with van der Waals surface area (Å²) in [7, 11) is -0.413. The molecule has 4 aromatic carbocycles. The van der Waals surface area contributed by atoms with E-state index in [9.17, 15) is 0 Å². The van der Waals surface area contributed by atoms with Crippen LogP contribution in [-0.2, 0) is 48.7 Å². The Morgan fingerprint density at radius 3 is 1.55 bits per heavy atom. The molecule has 44 heavy (non-hydrogen) atoms. The molecule has 0 aliphatic carbocycles. The Hall–Kier alpha value is -2.97. The van der Waals surface area contributed by atoms with Gasteiger partial charge in [0.2, 0.25) is 0 Å². The van der Waals surface area contributed by atoms with Crippen LogP contribution in [0.3, 0.4) is 0 Å². The van der Waals surface area contributed by atoms with Gasteiger partial charge >= 0.3 is 17.1 Å². The van der Waals surface area contributed by atoms with Crippen molar-refractivity contribution in [3.8, 4) is 0 Å². The van der Waals surface area contributed by atoms with Gasteiger partial charge in [-0.15, -0.1) is 5.10 Å². The third kappa shape index (κ3) is 9.51. The minimum Gasteiger partial charge on any atom is -1.00 e. The van der Waals surface area contributed by atoms with Gasteiger partial charge in [0.1, 0.15) is 35.2 Å². The second-order valence-electron chi connectivity index (χ2n) is 9.40. The van der Waals surface area contributed by atoms with Crippen molar-refractivity contribution in [1.29, 1.82) is 0 Å². The number of nitrogens with zero attached hydrogens (tertiary/aromatic N) is 4. The monoisotopic (exact) mass is 751 g/mol. The predicted octanol–water partition coefficient (Wildman–Crippen LogP) is 1.90. The van der Waals surface area contributed by atoms with E-state index in [1.165, 1.54) is 21.5 Å². The first-order chi connectivity index (χ1) is 20.5. The van der Waals surface area contributed by atoms with Crippen LogP contribution in [0.4, 0.5) is 0 Å². The van der Waals surface area contributed by atoms with Gasteiger partial charge in [0, 0.05) is 17.8 Å². The largest absolute Gasteiger partial charge is 2.00 e. The molecule has 11 heteroatoms. The molecule has 231 valence electrons. The van der Waals surface area contributed by atoms with Crippen LogP contribution in [-0.4, -0.2) is 35.1 Å². The first-order valence-electron chi connectivity index (χ1n) is 13.7. The topological polar surface area (TPSA) is 73.5 Å². The molecule has 1 radical (unpaired) electrons. The van der Waals surface area contributed by atoms with Crippen molar-refractivity contribution in [1.82, 2.24) is 10.6 Å². The van der Waals surface area contributed by atoms with Crippen LogP contribution in [0.15, 0.2) is 136 Å². The summed E-state index contributed by atoms with van der Waals surface area (Å²) in [5.41, 5.74) is 3.24. The molecular weight excluding hydrogens is 719 g/mol. The maximum atomic E-state index is 5.69. The number of rotatable bonds is 10. The number of nitrogens with one attached hydrogen (secondary N) is 2. The van der Waals surface area contributed by atoms with Gasteiger partial charge in [0.15, 0.2) is 0 Å².